The summed E-state index contributed by atoms with van der Waals surface area (Å²) in [6.45, 7) is 23.8. The normalized spacial score (nSPS) is 12.5. The summed E-state index contributed by atoms with van der Waals surface area (Å²) < 4.78 is 2.60. The van der Waals surface area contributed by atoms with Gasteiger partial charge in [-0.25, -0.2) is 0 Å². The zero-order valence-corrected chi connectivity index (χ0v) is 22.9. The molecule has 0 saturated heterocycles. The van der Waals surface area contributed by atoms with E-state index in [0.29, 0.717) is 0 Å². The maximum absolute atomic E-state index is 2.60. The minimum absolute atomic E-state index is 0.147. The van der Waals surface area contributed by atoms with Gasteiger partial charge in [0.15, 0.2) is 0 Å². The van der Waals surface area contributed by atoms with Gasteiger partial charge in [0.2, 0.25) is 0 Å². The van der Waals surface area contributed by atoms with Gasteiger partial charge in [-0.2, -0.15) is 0 Å². The van der Waals surface area contributed by atoms with E-state index in [4.69, 9.17) is 0 Å². The highest BCUT2D eigenvalue weighted by molar-refractivity contribution is 6.15. The molecule has 1 nitrogen and oxygen atoms in total. The second-order valence-corrected chi connectivity index (χ2v) is 10.5. The summed E-state index contributed by atoms with van der Waals surface area (Å²) in [5.74, 6) is 0. The largest absolute Gasteiger partial charge is 0.343 e. The van der Waals surface area contributed by atoms with Gasteiger partial charge in [0, 0.05) is 17.8 Å². The summed E-state index contributed by atoms with van der Waals surface area (Å²) in [6.07, 6.45) is 7.79. The van der Waals surface area contributed by atoms with E-state index < -0.39 is 0 Å². The Balaban J connectivity index is 2.85. The zero-order valence-electron chi connectivity index (χ0n) is 22.9. The molecule has 0 atom stereocenters. The monoisotopic (exact) mass is 433 g/mol. The van der Waals surface area contributed by atoms with Crippen molar-refractivity contribution in [3.8, 4) is 0 Å². The predicted octanol–water partition coefficient (Wildman–Crippen LogP) is 8.57. The third kappa shape index (κ3) is 3.42. The minimum Gasteiger partial charge on any atom is -0.343 e. The maximum Gasteiger partial charge on any atom is 0.0527 e. The number of rotatable bonds is 7. The molecule has 2 aromatic carbocycles. The fourth-order valence-corrected chi connectivity index (χ4v) is 6.89. The molecule has 0 saturated carbocycles. The van der Waals surface area contributed by atoms with Crippen LogP contribution in [0.25, 0.3) is 21.8 Å². The van der Waals surface area contributed by atoms with Crippen LogP contribution in [0.15, 0.2) is 0 Å². The van der Waals surface area contributed by atoms with Crippen LogP contribution < -0.4 is 0 Å². The molecular formula is C31H47N. The summed E-state index contributed by atoms with van der Waals surface area (Å²) in [5, 5.41) is 3.16. The SMILES string of the molecule is CCc1c(CC)c(CC)c2c(c1CC)c1c(CC)c(C(C)(C)C)c(CC)c(CC)c1n2C. The van der Waals surface area contributed by atoms with E-state index in [1.54, 1.807) is 55.3 Å². The first-order valence-corrected chi connectivity index (χ1v) is 13.3. The Morgan fingerprint density at radius 2 is 0.812 bits per heavy atom. The molecule has 0 aliphatic heterocycles. The number of fused-ring (bicyclic) bond motifs is 3. The summed E-state index contributed by atoms with van der Waals surface area (Å²) in [7, 11) is 2.35. The highest BCUT2D eigenvalue weighted by Gasteiger charge is 2.30. The topological polar surface area (TPSA) is 4.93 Å². The van der Waals surface area contributed by atoms with Gasteiger partial charge in [0.25, 0.3) is 0 Å². The van der Waals surface area contributed by atoms with Crippen molar-refractivity contribution in [2.24, 2.45) is 7.05 Å². The Bertz CT molecular complexity index is 1150. The van der Waals surface area contributed by atoms with Crippen molar-refractivity contribution in [3.63, 3.8) is 0 Å². The van der Waals surface area contributed by atoms with Crippen LogP contribution in [0.2, 0.25) is 0 Å². The van der Waals surface area contributed by atoms with Crippen molar-refractivity contribution < 1.29 is 0 Å². The first-order valence-electron chi connectivity index (χ1n) is 13.3. The molecule has 0 bridgehead atoms. The molecule has 0 amide bonds. The summed E-state index contributed by atoms with van der Waals surface area (Å²) in [6, 6.07) is 0. The predicted molar refractivity (Wildman–Crippen MR) is 145 cm³/mol. The number of nitrogens with zero attached hydrogens (tertiary/aromatic N) is 1. The molecule has 1 heterocycles. The highest BCUT2D eigenvalue weighted by Crippen LogP contribution is 2.46. The molecule has 1 aromatic heterocycles. The molecule has 3 aromatic rings. The molecule has 176 valence electrons. The van der Waals surface area contributed by atoms with Gasteiger partial charge in [0.05, 0.1) is 11.0 Å². The summed E-state index contributed by atoms with van der Waals surface area (Å²) in [4.78, 5) is 0. The van der Waals surface area contributed by atoms with Crippen molar-refractivity contribution in [1.82, 2.24) is 4.57 Å². The van der Waals surface area contributed by atoms with E-state index in [0.717, 1.165) is 44.9 Å². The van der Waals surface area contributed by atoms with E-state index in [1.165, 1.54) is 11.0 Å². The van der Waals surface area contributed by atoms with Gasteiger partial charge in [-0.3, -0.25) is 0 Å². The van der Waals surface area contributed by atoms with Gasteiger partial charge >= 0.3 is 0 Å². The Kier molecular flexibility index (Phi) is 7.18. The van der Waals surface area contributed by atoms with Crippen LogP contribution in [0.3, 0.4) is 0 Å². The lowest BCUT2D eigenvalue weighted by Gasteiger charge is -2.29. The number of hydrogen-bond donors (Lipinski definition) is 0. The van der Waals surface area contributed by atoms with E-state index in [1.807, 2.05) is 0 Å². The molecule has 0 spiro atoms. The lowest BCUT2D eigenvalue weighted by molar-refractivity contribution is 0.576. The van der Waals surface area contributed by atoms with Gasteiger partial charge in [-0.15, -0.1) is 0 Å². The molecular weight excluding hydrogens is 386 g/mol. The fraction of sp³-hybridized carbons (Fsp3) is 0.613. The van der Waals surface area contributed by atoms with Crippen LogP contribution in [-0.4, -0.2) is 4.57 Å². The first kappa shape index (κ1) is 24.9. The van der Waals surface area contributed by atoms with E-state index in [-0.39, 0.29) is 5.41 Å². The van der Waals surface area contributed by atoms with Crippen molar-refractivity contribution in [3.05, 3.63) is 44.5 Å². The van der Waals surface area contributed by atoms with Crippen molar-refractivity contribution in [1.29, 1.82) is 0 Å². The third-order valence-electron chi connectivity index (χ3n) is 7.86. The van der Waals surface area contributed by atoms with Crippen molar-refractivity contribution in [2.45, 2.75) is 120 Å². The van der Waals surface area contributed by atoms with Gasteiger partial charge < -0.3 is 4.57 Å². The van der Waals surface area contributed by atoms with E-state index >= 15 is 0 Å². The lowest BCUT2D eigenvalue weighted by Crippen LogP contribution is -2.19. The first-order chi connectivity index (χ1) is 15.2. The molecule has 32 heavy (non-hydrogen) atoms. The van der Waals surface area contributed by atoms with Crippen LogP contribution in [0.1, 0.15) is 114 Å². The average molecular weight is 434 g/mol. The molecule has 3 rings (SSSR count). The van der Waals surface area contributed by atoms with Crippen LogP contribution in [0.4, 0.5) is 0 Å². The summed E-state index contributed by atoms with van der Waals surface area (Å²) >= 11 is 0. The molecule has 1 heteroatoms. The second kappa shape index (κ2) is 9.24. The quantitative estimate of drug-likeness (QED) is 0.351. The Labute approximate surface area is 197 Å². The second-order valence-electron chi connectivity index (χ2n) is 10.5. The molecule has 0 aliphatic rings. The Morgan fingerprint density at radius 1 is 0.469 bits per heavy atom. The smallest absolute Gasteiger partial charge is 0.0527 e. The standard InChI is InChI=1S/C31H47N/c1-12-19-20(13-2)23(16-5)29-26(21(19)14-3)27-25(18-7)28(31(8,9)10)22(15-4)24(17-6)30(27)32(29)11/h12-18H2,1-11H3. The minimum atomic E-state index is 0.147. The van der Waals surface area contributed by atoms with Crippen molar-refractivity contribution in [2.75, 3.05) is 0 Å². The number of aryl methyl sites for hydroxylation is 5. The van der Waals surface area contributed by atoms with Crippen LogP contribution in [0, 0.1) is 0 Å². The molecule has 0 fully saturated rings. The van der Waals surface area contributed by atoms with Crippen molar-refractivity contribution >= 4 is 21.8 Å². The van der Waals surface area contributed by atoms with Crippen LogP contribution >= 0.6 is 0 Å². The molecule has 0 N–H and O–H groups in total. The fourth-order valence-electron chi connectivity index (χ4n) is 6.89. The molecule has 0 radical (unpaired) electrons. The Morgan fingerprint density at radius 3 is 1.19 bits per heavy atom. The van der Waals surface area contributed by atoms with Gasteiger partial charge in [-0.1, -0.05) is 69.2 Å². The number of hydrogen-bond acceptors (Lipinski definition) is 0. The van der Waals surface area contributed by atoms with Crippen LogP contribution in [-0.2, 0) is 57.4 Å². The highest BCUT2D eigenvalue weighted by atomic mass is 14.9. The van der Waals surface area contributed by atoms with E-state index in [9.17, 15) is 0 Å². The summed E-state index contributed by atoms with van der Waals surface area (Å²) in [5.41, 5.74) is 16.1. The van der Waals surface area contributed by atoms with Gasteiger partial charge in [-0.05, 0) is 94.9 Å². The average Bonchev–Trinajstić information content (AvgIpc) is 3.07. The molecule has 0 unspecified atom stereocenters. The van der Waals surface area contributed by atoms with Gasteiger partial charge in [0.1, 0.15) is 0 Å². The molecule has 0 aliphatic carbocycles. The number of benzene rings is 2. The van der Waals surface area contributed by atoms with Crippen LogP contribution in [0.5, 0.6) is 0 Å². The maximum atomic E-state index is 2.60. The Hall–Kier alpha value is -1.76. The number of aromatic nitrogens is 1. The third-order valence-corrected chi connectivity index (χ3v) is 7.86. The van der Waals surface area contributed by atoms with E-state index in [2.05, 4.69) is 80.9 Å². The zero-order chi connectivity index (χ0) is 24.0. The lowest BCUT2D eigenvalue weighted by atomic mass is 9.75.